The number of hydrogen-bond donors (Lipinski definition) is 1. The third kappa shape index (κ3) is 1.67. The minimum atomic E-state index is 0.0842. The molecule has 2 heteroatoms. The molecule has 0 unspecified atom stereocenters. The molecule has 0 fully saturated rings. The van der Waals surface area contributed by atoms with Crippen LogP contribution in [-0.2, 0) is 0 Å². The average Bonchev–Trinajstić information content (AvgIpc) is 2.60. The second kappa shape index (κ2) is 3.54. The number of benzene rings is 1. The number of carbonyl (C=O) groups is 1. The molecule has 0 aliphatic heterocycles. The Morgan fingerprint density at radius 1 is 1.33 bits per heavy atom. The van der Waals surface area contributed by atoms with Gasteiger partial charge in [-0.05, 0) is 17.5 Å². The Morgan fingerprint density at radius 2 is 2.07 bits per heavy atom. The largest absolute Gasteiger partial charge is 0.352 e. The maximum atomic E-state index is 11.3. The van der Waals surface area contributed by atoms with E-state index in [2.05, 4.69) is 24.9 Å². The van der Waals surface area contributed by atoms with Gasteiger partial charge in [0.25, 0.3) is 0 Å². The SMILES string of the molecule is CC(=O)c1cc2cccc(C(C)C)c2[nH]1. The predicted molar refractivity (Wildman–Crippen MR) is 62.4 cm³/mol. The van der Waals surface area contributed by atoms with E-state index in [-0.39, 0.29) is 5.78 Å². The molecule has 0 amide bonds. The van der Waals surface area contributed by atoms with E-state index in [1.165, 1.54) is 5.56 Å². The molecule has 0 aliphatic carbocycles. The molecule has 0 saturated carbocycles. The summed E-state index contributed by atoms with van der Waals surface area (Å²) in [4.78, 5) is 14.5. The van der Waals surface area contributed by atoms with Gasteiger partial charge in [0, 0.05) is 17.8 Å². The van der Waals surface area contributed by atoms with Gasteiger partial charge in [0.1, 0.15) is 0 Å². The zero-order valence-corrected chi connectivity index (χ0v) is 9.29. The molecule has 0 saturated heterocycles. The van der Waals surface area contributed by atoms with Crippen LogP contribution in [0, 0.1) is 0 Å². The van der Waals surface area contributed by atoms with Gasteiger partial charge in [-0.25, -0.2) is 0 Å². The van der Waals surface area contributed by atoms with Gasteiger partial charge in [0.2, 0.25) is 0 Å². The Kier molecular flexibility index (Phi) is 2.35. The van der Waals surface area contributed by atoms with Crippen LogP contribution >= 0.6 is 0 Å². The molecule has 0 aliphatic rings. The van der Waals surface area contributed by atoms with Crippen LogP contribution < -0.4 is 0 Å². The molecular formula is C13H15NO. The van der Waals surface area contributed by atoms with Crippen molar-refractivity contribution in [3.05, 3.63) is 35.5 Å². The highest BCUT2D eigenvalue weighted by molar-refractivity contribution is 5.98. The van der Waals surface area contributed by atoms with E-state index in [4.69, 9.17) is 0 Å². The van der Waals surface area contributed by atoms with Crippen molar-refractivity contribution in [3.8, 4) is 0 Å². The third-order valence-electron chi connectivity index (χ3n) is 2.69. The van der Waals surface area contributed by atoms with Crippen LogP contribution in [0.25, 0.3) is 10.9 Å². The Bertz CT molecular complexity index is 508. The number of para-hydroxylation sites is 1. The molecule has 1 aromatic heterocycles. The van der Waals surface area contributed by atoms with E-state index in [0.29, 0.717) is 11.6 Å². The molecule has 2 rings (SSSR count). The Morgan fingerprint density at radius 3 is 2.67 bits per heavy atom. The van der Waals surface area contributed by atoms with Crippen molar-refractivity contribution in [3.63, 3.8) is 0 Å². The lowest BCUT2D eigenvalue weighted by atomic mass is 10.0. The maximum absolute atomic E-state index is 11.3. The molecule has 0 spiro atoms. The van der Waals surface area contributed by atoms with Gasteiger partial charge in [0.05, 0.1) is 5.69 Å². The van der Waals surface area contributed by atoms with Gasteiger partial charge in [-0.3, -0.25) is 4.79 Å². The quantitative estimate of drug-likeness (QED) is 0.741. The Hall–Kier alpha value is -1.57. The molecule has 1 aromatic carbocycles. The van der Waals surface area contributed by atoms with Gasteiger partial charge in [-0.15, -0.1) is 0 Å². The first-order chi connectivity index (χ1) is 7.09. The van der Waals surface area contributed by atoms with Crippen LogP contribution in [0.4, 0.5) is 0 Å². The van der Waals surface area contributed by atoms with Crippen LogP contribution in [0.5, 0.6) is 0 Å². The number of aromatic nitrogens is 1. The zero-order chi connectivity index (χ0) is 11.0. The molecule has 0 atom stereocenters. The molecule has 15 heavy (non-hydrogen) atoms. The standard InChI is InChI=1S/C13H15NO/c1-8(2)11-6-4-5-10-7-12(9(3)15)14-13(10)11/h4-8,14H,1-3H3. The van der Waals surface area contributed by atoms with Gasteiger partial charge < -0.3 is 4.98 Å². The van der Waals surface area contributed by atoms with Gasteiger partial charge in [-0.2, -0.15) is 0 Å². The van der Waals surface area contributed by atoms with E-state index in [1.807, 2.05) is 18.2 Å². The average molecular weight is 201 g/mol. The van der Waals surface area contributed by atoms with Crippen LogP contribution in [-0.4, -0.2) is 10.8 Å². The van der Waals surface area contributed by atoms with Crippen molar-refractivity contribution in [2.75, 3.05) is 0 Å². The monoisotopic (exact) mass is 201 g/mol. The fourth-order valence-corrected chi connectivity index (χ4v) is 1.85. The number of H-pyrrole nitrogens is 1. The zero-order valence-electron chi connectivity index (χ0n) is 9.29. The van der Waals surface area contributed by atoms with Crippen LogP contribution in [0.3, 0.4) is 0 Å². The van der Waals surface area contributed by atoms with Crippen molar-refractivity contribution < 1.29 is 4.79 Å². The molecular weight excluding hydrogens is 186 g/mol. The molecule has 0 bridgehead atoms. The minimum absolute atomic E-state index is 0.0842. The van der Waals surface area contributed by atoms with Gasteiger partial charge in [0.15, 0.2) is 5.78 Å². The van der Waals surface area contributed by atoms with E-state index < -0.39 is 0 Å². The first kappa shape index (κ1) is 9.97. The minimum Gasteiger partial charge on any atom is -0.352 e. The molecule has 78 valence electrons. The highest BCUT2D eigenvalue weighted by atomic mass is 16.1. The van der Waals surface area contributed by atoms with Crippen LogP contribution in [0.1, 0.15) is 42.7 Å². The molecule has 2 aromatic rings. The topological polar surface area (TPSA) is 32.9 Å². The van der Waals surface area contributed by atoms with Crippen molar-refractivity contribution in [1.82, 2.24) is 4.98 Å². The lowest BCUT2D eigenvalue weighted by Gasteiger charge is -2.05. The van der Waals surface area contributed by atoms with Crippen LogP contribution in [0.15, 0.2) is 24.3 Å². The number of hydrogen-bond acceptors (Lipinski definition) is 1. The maximum Gasteiger partial charge on any atom is 0.175 e. The van der Waals surface area contributed by atoms with Crippen molar-refractivity contribution in [2.24, 2.45) is 0 Å². The molecule has 1 heterocycles. The number of rotatable bonds is 2. The van der Waals surface area contributed by atoms with Crippen molar-refractivity contribution in [1.29, 1.82) is 0 Å². The van der Waals surface area contributed by atoms with E-state index in [1.54, 1.807) is 6.92 Å². The summed E-state index contributed by atoms with van der Waals surface area (Å²) >= 11 is 0. The fourth-order valence-electron chi connectivity index (χ4n) is 1.85. The highest BCUT2D eigenvalue weighted by Crippen LogP contribution is 2.25. The van der Waals surface area contributed by atoms with Crippen LogP contribution in [0.2, 0.25) is 0 Å². The fraction of sp³-hybridized carbons (Fsp3) is 0.308. The smallest absolute Gasteiger partial charge is 0.175 e. The Labute approximate surface area is 89.3 Å². The number of Topliss-reactive ketones (excluding diaryl/α,β-unsaturated/α-hetero) is 1. The summed E-state index contributed by atoms with van der Waals surface area (Å²) < 4.78 is 0. The summed E-state index contributed by atoms with van der Waals surface area (Å²) in [5, 5.41) is 1.12. The number of carbonyl (C=O) groups excluding carboxylic acids is 1. The van der Waals surface area contributed by atoms with E-state index in [0.717, 1.165) is 10.9 Å². The summed E-state index contributed by atoms with van der Waals surface area (Å²) in [5.41, 5.74) is 3.05. The molecule has 0 radical (unpaired) electrons. The summed E-state index contributed by atoms with van der Waals surface area (Å²) in [6, 6.07) is 8.09. The third-order valence-corrected chi connectivity index (χ3v) is 2.69. The molecule has 2 nitrogen and oxygen atoms in total. The van der Waals surface area contributed by atoms with Crippen molar-refractivity contribution in [2.45, 2.75) is 26.7 Å². The van der Waals surface area contributed by atoms with E-state index >= 15 is 0 Å². The second-order valence-electron chi connectivity index (χ2n) is 4.21. The predicted octanol–water partition coefficient (Wildman–Crippen LogP) is 3.49. The number of nitrogens with one attached hydrogen (secondary N) is 1. The highest BCUT2D eigenvalue weighted by Gasteiger charge is 2.09. The normalized spacial score (nSPS) is 11.2. The molecule has 1 N–H and O–H groups in total. The lowest BCUT2D eigenvalue weighted by Crippen LogP contribution is -1.92. The second-order valence-corrected chi connectivity index (χ2v) is 4.21. The lowest BCUT2D eigenvalue weighted by molar-refractivity contribution is 0.101. The summed E-state index contributed by atoms with van der Waals surface area (Å²) in [5.74, 6) is 0.549. The van der Waals surface area contributed by atoms with Crippen molar-refractivity contribution >= 4 is 16.7 Å². The van der Waals surface area contributed by atoms with Gasteiger partial charge >= 0.3 is 0 Å². The van der Waals surface area contributed by atoms with Gasteiger partial charge in [-0.1, -0.05) is 32.0 Å². The first-order valence-electron chi connectivity index (χ1n) is 5.22. The summed E-state index contributed by atoms with van der Waals surface area (Å²) in [6.07, 6.45) is 0. The van der Waals surface area contributed by atoms with E-state index in [9.17, 15) is 4.79 Å². The Balaban J connectivity index is 2.69. The summed E-state index contributed by atoms with van der Waals surface area (Å²) in [6.45, 7) is 5.89. The number of ketones is 1. The first-order valence-corrected chi connectivity index (χ1v) is 5.22. The number of fused-ring (bicyclic) bond motifs is 1. The summed E-state index contributed by atoms with van der Waals surface area (Å²) in [7, 11) is 0. The number of aromatic amines is 1.